The van der Waals surface area contributed by atoms with E-state index in [0.29, 0.717) is 6.42 Å². The van der Waals surface area contributed by atoms with Crippen LogP contribution in [-0.2, 0) is 25.0 Å². The molecule has 3 heterocycles. The summed E-state index contributed by atoms with van der Waals surface area (Å²) in [4.78, 5) is 10.1. The summed E-state index contributed by atoms with van der Waals surface area (Å²) in [5.74, 6) is 0.759. The number of anilines is 6. The molecule has 2 aliphatic heterocycles. The first-order valence-electron chi connectivity index (χ1n) is 34.8. The Hall–Kier alpha value is -10.9. The number of fused-ring (bicyclic) bond motifs is 9. The zero-order chi connectivity index (χ0) is 67.9. The zero-order valence-electron chi connectivity index (χ0n) is 57.4. The third-order valence-corrected chi connectivity index (χ3v) is 21.4. The Morgan fingerprint density at radius 2 is 0.770 bits per heavy atom. The van der Waals surface area contributed by atoms with Crippen molar-refractivity contribution in [2.24, 2.45) is 0 Å². The molecule has 9 heteroatoms. The lowest BCUT2D eigenvalue weighted by Gasteiger charge is -2.36. The predicted molar refractivity (Wildman–Crippen MR) is 419 cm³/mol. The van der Waals surface area contributed by atoms with Gasteiger partial charge in [0.15, 0.2) is 0 Å². The van der Waals surface area contributed by atoms with Gasteiger partial charge in [-0.3, -0.25) is 4.90 Å². The maximum Gasteiger partial charge on any atom is 0.514 e. The van der Waals surface area contributed by atoms with Crippen LogP contribution in [0, 0.1) is 0 Å². The number of nitrogens with zero attached hydrogens (tertiary/aromatic N) is 3. The van der Waals surface area contributed by atoms with E-state index >= 15 is 0 Å². The normalized spacial score (nSPS) is 16.3. The molecule has 0 spiro atoms. The zero-order valence-corrected chi connectivity index (χ0v) is 57.4. The Labute approximate surface area is 586 Å². The van der Waals surface area contributed by atoms with Gasteiger partial charge >= 0.3 is 14.2 Å². The molecule has 484 valence electrons. The second-order valence-corrected chi connectivity index (χ2v) is 28.5. The molecule has 2 saturated heterocycles. The standard InChI is InChI=1S/C91H75B2N3O4/c1-88(2)89(3,4)98-93(97-88)86-41-26-42-87(94-86)96(85-40-25-23-36-76(85)65-33-18-11-19-34-65)72-48-46-66-44-45-67-53-61(43-50-74(67)81(66)58-72)60-91(7)90(5,6)99-92(100-91)70-47-51-79-80-52-49-71(59-83(80)78-38-21-20-37-77(78)82(79)57-70)95(84-39-24-22-35-75(84)64-31-16-10-17-32-64)73-55-68(62-27-12-8-13-28-62)54-69(56-73)63-29-14-9-15-30-63/h8-59H,60H2,1-7H3. The molecule has 100 heavy (non-hydrogen) atoms. The minimum Gasteiger partial charge on any atom is -0.399 e. The van der Waals surface area contributed by atoms with Gasteiger partial charge in [0.2, 0.25) is 0 Å². The van der Waals surface area contributed by atoms with Gasteiger partial charge < -0.3 is 23.5 Å². The summed E-state index contributed by atoms with van der Waals surface area (Å²) in [6.07, 6.45) is 0.639. The lowest BCUT2D eigenvalue weighted by molar-refractivity contribution is -0.00875. The maximum absolute atomic E-state index is 7.30. The van der Waals surface area contributed by atoms with E-state index in [0.717, 1.165) is 117 Å². The van der Waals surface area contributed by atoms with E-state index in [1.807, 2.05) is 6.07 Å². The molecular formula is C91H75B2N3O4. The highest BCUT2D eigenvalue weighted by molar-refractivity contribution is 6.62. The van der Waals surface area contributed by atoms with Crippen molar-refractivity contribution in [1.82, 2.24) is 4.98 Å². The van der Waals surface area contributed by atoms with Gasteiger partial charge in [0.05, 0.1) is 39.4 Å². The molecule has 0 bridgehead atoms. The lowest BCUT2D eigenvalue weighted by atomic mass is 9.77. The van der Waals surface area contributed by atoms with Gasteiger partial charge in [0.1, 0.15) is 5.82 Å². The van der Waals surface area contributed by atoms with Crippen LogP contribution in [0.25, 0.3) is 98.4 Å². The summed E-state index contributed by atoms with van der Waals surface area (Å²) in [5, 5.41) is 11.6. The average Bonchev–Trinajstić information content (AvgIpc) is 1.03. The number of hydrogen-bond acceptors (Lipinski definition) is 7. The largest absolute Gasteiger partial charge is 0.514 e. The Balaban J connectivity index is 0.709. The molecule has 15 aromatic rings. The Morgan fingerprint density at radius 3 is 1.39 bits per heavy atom. The molecule has 0 saturated carbocycles. The number of rotatable bonds is 14. The molecule has 0 N–H and O–H groups in total. The molecule has 2 aliphatic rings. The summed E-state index contributed by atoms with van der Waals surface area (Å²) < 4.78 is 27.5. The highest BCUT2D eigenvalue weighted by atomic mass is 16.7. The Bertz CT molecular complexity index is 5540. The van der Waals surface area contributed by atoms with E-state index in [9.17, 15) is 0 Å². The van der Waals surface area contributed by atoms with Gasteiger partial charge in [-0.15, -0.1) is 0 Å². The van der Waals surface area contributed by atoms with E-state index in [-0.39, 0.29) is 0 Å². The Morgan fingerprint density at radius 1 is 0.300 bits per heavy atom. The van der Waals surface area contributed by atoms with E-state index in [1.165, 1.54) is 32.5 Å². The molecule has 1 aromatic heterocycles. The molecule has 17 rings (SSSR count). The van der Waals surface area contributed by atoms with Gasteiger partial charge in [0.25, 0.3) is 0 Å². The maximum atomic E-state index is 7.30. The van der Waals surface area contributed by atoms with E-state index in [2.05, 4.69) is 368 Å². The molecule has 0 radical (unpaired) electrons. The van der Waals surface area contributed by atoms with Crippen molar-refractivity contribution in [2.75, 3.05) is 9.80 Å². The Kier molecular flexibility index (Phi) is 15.5. The fourth-order valence-electron chi connectivity index (χ4n) is 15.0. The molecule has 1 atom stereocenters. The summed E-state index contributed by atoms with van der Waals surface area (Å²) in [6.45, 7) is 14.9. The number of aromatic nitrogens is 1. The minimum atomic E-state index is -0.687. The van der Waals surface area contributed by atoms with Gasteiger partial charge in [-0.1, -0.05) is 249 Å². The number of benzene rings is 14. The van der Waals surface area contributed by atoms with Crippen molar-refractivity contribution in [1.29, 1.82) is 0 Å². The van der Waals surface area contributed by atoms with E-state index < -0.39 is 36.6 Å². The van der Waals surface area contributed by atoms with Crippen LogP contribution >= 0.6 is 0 Å². The van der Waals surface area contributed by atoms with Crippen LogP contribution in [0.1, 0.15) is 54.0 Å². The second-order valence-electron chi connectivity index (χ2n) is 28.5. The number of para-hydroxylation sites is 2. The highest BCUT2D eigenvalue weighted by Crippen LogP contribution is 2.48. The highest BCUT2D eigenvalue weighted by Gasteiger charge is 2.55. The summed E-state index contributed by atoms with van der Waals surface area (Å²) in [7, 11) is -1.22. The van der Waals surface area contributed by atoms with Crippen molar-refractivity contribution in [3.8, 4) is 44.5 Å². The molecule has 0 aliphatic carbocycles. The van der Waals surface area contributed by atoms with E-state index in [4.69, 9.17) is 23.6 Å². The molecular weight excluding hydrogens is 1220 g/mol. The quantitative estimate of drug-likeness (QED) is 0.0794. The summed E-state index contributed by atoms with van der Waals surface area (Å²) in [5.41, 5.74) is 14.8. The third-order valence-electron chi connectivity index (χ3n) is 21.4. The van der Waals surface area contributed by atoms with Gasteiger partial charge in [-0.05, 0) is 213 Å². The first-order chi connectivity index (χ1) is 48.6. The fourth-order valence-corrected chi connectivity index (χ4v) is 15.0. The van der Waals surface area contributed by atoms with Crippen LogP contribution in [-0.4, -0.2) is 41.6 Å². The van der Waals surface area contributed by atoms with E-state index in [1.54, 1.807) is 0 Å². The average molecular weight is 1300 g/mol. The molecule has 1 unspecified atom stereocenters. The van der Waals surface area contributed by atoms with Crippen molar-refractivity contribution < 1.29 is 18.6 Å². The van der Waals surface area contributed by atoms with Crippen LogP contribution in [0.15, 0.2) is 315 Å². The molecule has 14 aromatic carbocycles. The number of hydrogen-bond donors (Lipinski definition) is 0. The monoisotopic (exact) mass is 1300 g/mol. The fraction of sp³-hybridized carbons (Fsp3) is 0.132. The topological polar surface area (TPSA) is 56.3 Å². The first-order valence-corrected chi connectivity index (χ1v) is 34.8. The van der Waals surface area contributed by atoms with Crippen molar-refractivity contribution in [3.63, 3.8) is 0 Å². The first kappa shape index (κ1) is 62.6. The third kappa shape index (κ3) is 11.2. The van der Waals surface area contributed by atoms with Crippen molar-refractivity contribution in [3.05, 3.63) is 321 Å². The SMILES string of the molecule is CC1(C)OB(c2cccc(N(c3ccc4ccc5cc(CC6(C)OB(c7ccc8c9ccc(N(c%10cc(-c%11ccccc%11)cc(-c%11ccccc%11)c%10)c%10ccccc%10-c%10ccccc%10)cc9c9ccccc9c8c7)OC6(C)C)ccc5c4c3)c3ccccc3-c3ccccc3)n2)OC1(C)C. The molecule has 2 fully saturated rings. The van der Waals surface area contributed by atoms with Gasteiger partial charge in [-0.2, -0.15) is 0 Å². The number of pyridine rings is 1. The molecule has 0 amide bonds. The van der Waals surface area contributed by atoms with Crippen LogP contribution in [0.4, 0.5) is 34.3 Å². The summed E-state index contributed by atoms with van der Waals surface area (Å²) in [6, 6.07) is 114. The minimum absolute atomic E-state index is 0.514. The van der Waals surface area contributed by atoms with Crippen molar-refractivity contribution in [2.45, 2.75) is 77.3 Å². The van der Waals surface area contributed by atoms with Crippen molar-refractivity contribution >= 4 is 113 Å². The second kappa shape index (κ2) is 24.8. The predicted octanol–water partition coefficient (Wildman–Crippen LogP) is 22.3. The van der Waals surface area contributed by atoms with Crippen LogP contribution < -0.4 is 20.9 Å². The lowest BCUT2D eigenvalue weighted by Crippen LogP contribution is -2.46. The van der Waals surface area contributed by atoms with Crippen LogP contribution in [0.3, 0.4) is 0 Å². The molecule has 7 nitrogen and oxygen atoms in total. The van der Waals surface area contributed by atoms with Gasteiger partial charge in [-0.25, -0.2) is 4.98 Å². The summed E-state index contributed by atoms with van der Waals surface area (Å²) >= 11 is 0. The van der Waals surface area contributed by atoms with Gasteiger partial charge in [0, 0.05) is 34.6 Å². The smallest absolute Gasteiger partial charge is 0.399 e. The van der Waals surface area contributed by atoms with Crippen LogP contribution in [0.5, 0.6) is 0 Å². The van der Waals surface area contributed by atoms with Crippen LogP contribution in [0.2, 0.25) is 0 Å².